The molecule has 2 aliphatic heterocycles. The van der Waals surface area contributed by atoms with Crippen LogP contribution in [-0.4, -0.2) is 37.0 Å². The highest BCUT2D eigenvalue weighted by Gasteiger charge is 2.27. The fraction of sp³-hybridized carbons (Fsp3) is 0.800. The second-order valence-electron chi connectivity index (χ2n) is 4.15. The molecule has 0 bridgehead atoms. The Bertz CT molecular complexity index is 229. The molecule has 84 valence electrons. The highest BCUT2D eigenvalue weighted by atomic mass is 16.2. The summed E-state index contributed by atoms with van der Waals surface area (Å²) < 4.78 is 0. The molecule has 0 aliphatic carbocycles. The first kappa shape index (κ1) is 10.6. The normalized spacial score (nSPS) is 30.4. The summed E-state index contributed by atoms with van der Waals surface area (Å²) in [4.78, 5) is 23.2. The van der Waals surface area contributed by atoms with Gasteiger partial charge in [-0.25, -0.2) is 0 Å². The number of hydrogen-bond donors (Lipinski definition) is 3. The molecular formula is C10H17N3O2. The van der Waals surface area contributed by atoms with Gasteiger partial charge in [-0.2, -0.15) is 0 Å². The van der Waals surface area contributed by atoms with E-state index in [1.54, 1.807) is 0 Å². The van der Waals surface area contributed by atoms with E-state index in [9.17, 15) is 9.59 Å². The van der Waals surface area contributed by atoms with Crippen molar-refractivity contribution < 1.29 is 9.59 Å². The van der Waals surface area contributed by atoms with Gasteiger partial charge in [0, 0.05) is 0 Å². The van der Waals surface area contributed by atoms with Crippen LogP contribution in [0.5, 0.6) is 0 Å². The Morgan fingerprint density at radius 2 is 1.40 bits per heavy atom. The van der Waals surface area contributed by atoms with E-state index in [0.29, 0.717) is 0 Å². The van der Waals surface area contributed by atoms with Gasteiger partial charge in [0.2, 0.25) is 11.8 Å². The van der Waals surface area contributed by atoms with Gasteiger partial charge < -0.3 is 10.6 Å². The lowest BCUT2D eigenvalue weighted by molar-refractivity contribution is -0.132. The minimum atomic E-state index is -0.175. The fourth-order valence-electron chi connectivity index (χ4n) is 2.11. The number of amides is 2. The van der Waals surface area contributed by atoms with Gasteiger partial charge in [-0.3, -0.25) is 14.9 Å². The number of nitrogens with one attached hydrogen (secondary N) is 3. The number of carbonyl (C=O) groups excluding carboxylic acids is 2. The zero-order chi connectivity index (χ0) is 10.7. The first-order valence-corrected chi connectivity index (χ1v) is 5.59. The van der Waals surface area contributed by atoms with E-state index in [4.69, 9.17) is 0 Å². The van der Waals surface area contributed by atoms with E-state index >= 15 is 0 Å². The molecule has 2 aliphatic rings. The van der Waals surface area contributed by atoms with Crippen molar-refractivity contribution in [3.63, 3.8) is 0 Å². The van der Waals surface area contributed by atoms with Crippen LogP contribution < -0.4 is 16.0 Å². The Balaban J connectivity index is 1.79. The fourth-order valence-corrected chi connectivity index (χ4v) is 2.11. The molecule has 0 unspecified atom stereocenters. The molecule has 2 fully saturated rings. The zero-order valence-corrected chi connectivity index (χ0v) is 8.71. The second-order valence-corrected chi connectivity index (χ2v) is 4.15. The third-order valence-electron chi connectivity index (χ3n) is 3.00. The van der Waals surface area contributed by atoms with E-state index in [1.807, 2.05) is 0 Å². The van der Waals surface area contributed by atoms with Crippen molar-refractivity contribution in [3.8, 4) is 0 Å². The summed E-state index contributed by atoms with van der Waals surface area (Å²) in [6, 6.07) is -0.342. The van der Waals surface area contributed by atoms with Crippen molar-refractivity contribution in [2.45, 2.75) is 37.8 Å². The van der Waals surface area contributed by atoms with Gasteiger partial charge in [0.1, 0.15) is 0 Å². The summed E-state index contributed by atoms with van der Waals surface area (Å²) in [5, 5.41) is 8.60. The molecular weight excluding hydrogens is 194 g/mol. The predicted octanol–water partition coefficient (Wildman–Crippen LogP) is -0.867. The van der Waals surface area contributed by atoms with Gasteiger partial charge >= 0.3 is 0 Å². The van der Waals surface area contributed by atoms with Gasteiger partial charge in [0.05, 0.1) is 12.1 Å². The standard InChI is InChI=1S/C10H17N3O2/c14-9(7-3-1-5-11-7)13-10(15)8-4-2-6-12-8/h7-8,11-12H,1-6H2,(H,13,14,15)/t7-,8-/m0/s1. The van der Waals surface area contributed by atoms with E-state index in [-0.39, 0.29) is 23.9 Å². The molecule has 2 rings (SSSR count). The lowest BCUT2D eigenvalue weighted by atomic mass is 10.2. The van der Waals surface area contributed by atoms with Crippen LogP contribution in [0.3, 0.4) is 0 Å². The predicted molar refractivity (Wildman–Crippen MR) is 55.2 cm³/mol. The zero-order valence-electron chi connectivity index (χ0n) is 8.71. The Labute approximate surface area is 89.0 Å². The van der Waals surface area contributed by atoms with E-state index < -0.39 is 0 Å². The minimum absolute atomic E-state index is 0.171. The van der Waals surface area contributed by atoms with Crippen molar-refractivity contribution in [3.05, 3.63) is 0 Å². The van der Waals surface area contributed by atoms with Crippen molar-refractivity contribution in [2.75, 3.05) is 13.1 Å². The second kappa shape index (κ2) is 4.72. The molecule has 2 amide bonds. The largest absolute Gasteiger partial charge is 0.306 e. The van der Waals surface area contributed by atoms with Crippen molar-refractivity contribution in [2.24, 2.45) is 0 Å². The molecule has 0 saturated carbocycles. The Kier molecular flexibility index (Phi) is 3.33. The van der Waals surface area contributed by atoms with E-state index in [0.717, 1.165) is 38.8 Å². The van der Waals surface area contributed by atoms with Gasteiger partial charge in [-0.15, -0.1) is 0 Å². The van der Waals surface area contributed by atoms with Crippen LogP contribution in [0.1, 0.15) is 25.7 Å². The van der Waals surface area contributed by atoms with E-state index in [2.05, 4.69) is 16.0 Å². The molecule has 5 nitrogen and oxygen atoms in total. The maximum atomic E-state index is 11.6. The van der Waals surface area contributed by atoms with Crippen LogP contribution >= 0.6 is 0 Å². The summed E-state index contributed by atoms with van der Waals surface area (Å²) in [6.45, 7) is 1.74. The quantitative estimate of drug-likeness (QED) is 0.519. The highest BCUT2D eigenvalue weighted by molar-refractivity contribution is 6.00. The van der Waals surface area contributed by atoms with Crippen molar-refractivity contribution in [1.29, 1.82) is 0 Å². The van der Waals surface area contributed by atoms with Crippen molar-refractivity contribution >= 4 is 11.8 Å². The first-order chi connectivity index (χ1) is 7.27. The Morgan fingerprint density at radius 1 is 0.933 bits per heavy atom. The van der Waals surface area contributed by atoms with Gasteiger partial charge in [0.25, 0.3) is 0 Å². The highest BCUT2D eigenvalue weighted by Crippen LogP contribution is 2.07. The maximum absolute atomic E-state index is 11.6. The molecule has 2 saturated heterocycles. The first-order valence-electron chi connectivity index (χ1n) is 5.59. The average Bonchev–Trinajstić information content (AvgIpc) is 2.91. The summed E-state index contributed by atoms with van der Waals surface area (Å²) in [5.41, 5.74) is 0. The molecule has 0 aromatic carbocycles. The maximum Gasteiger partial charge on any atom is 0.243 e. The monoisotopic (exact) mass is 211 g/mol. The number of hydrogen-bond acceptors (Lipinski definition) is 4. The number of imide groups is 1. The molecule has 3 N–H and O–H groups in total. The molecule has 5 heteroatoms. The lowest BCUT2D eigenvalue weighted by Gasteiger charge is -2.13. The summed E-state index contributed by atoms with van der Waals surface area (Å²) in [5.74, 6) is -0.350. The Morgan fingerprint density at radius 3 is 1.73 bits per heavy atom. The molecule has 0 spiro atoms. The SMILES string of the molecule is O=C(NC(=O)[C@@H]1CCCN1)[C@@H]1CCCN1. The third kappa shape index (κ3) is 2.54. The van der Waals surface area contributed by atoms with E-state index in [1.165, 1.54) is 0 Å². The molecule has 0 aromatic heterocycles. The summed E-state index contributed by atoms with van der Waals surface area (Å²) in [7, 11) is 0. The van der Waals surface area contributed by atoms with Crippen LogP contribution in [0.25, 0.3) is 0 Å². The van der Waals surface area contributed by atoms with Crippen LogP contribution in [-0.2, 0) is 9.59 Å². The average molecular weight is 211 g/mol. The minimum Gasteiger partial charge on any atom is -0.306 e. The summed E-state index contributed by atoms with van der Waals surface area (Å²) >= 11 is 0. The van der Waals surface area contributed by atoms with Crippen LogP contribution in [0.2, 0.25) is 0 Å². The molecule has 0 radical (unpaired) electrons. The number of carbonyl (C=O) groups is 2. The van der Waals surface area contributed by atoms with Crippen LogP contribution in [0.15, 0.2) is 0 Å². The molecule has 15 heavy (non-hydrogen) atoms. The van der Waals surface area contributed by atoms with Crippen LogP contribution in [0, 0.1) is 0 Å². The molecule has 2 atom stereocenters. The topological polar surface area (TPSA) is 70.2 Å². The lowest BCUT2D eigenvalue weighted by Crippen LogP contribution is -2.49. The molecule has 2 heterocycles. The van der Waals surface area contributed by atoms with Gasteiger partial charge in [0.15, 0.2) is 0 Å². The number of rotatable bonds is 2. The smallest absolute Gasteiger partial charge is 0.243 e. The van der Waals surface area contributed by atoms with Crippen molar-refractivity contribution in [1.82, 2.24) is 16.0 Å². The molecule has 0 aromatic rings. The Hall–Kier alpha value is -0.940. The van der Waals surface area contributed by atoms with Gasteiger partial charge in [-0.1, -0.05) is 0 Å². The van der Waals surface area contributed by atoms with Gasteiger partial charge in [-0.05, 0) is 38.8 Å². The summed E-state index contributed by atoms with van der Waals surface area (Å²) in [6.07, 6.45) is 3.68. The third-order valence-corrected chi connectivity index (χ3v) is 3.00. The van der Waals surface area contributed by atoms with Crippen LogP contribution in [0.4, 0.5) is 0 Å².